The van der Waals surface area contributed by atoms with Gasteiger partial charge in [0.1, 0.15) is 6.67 Å². The Hall–Kier alpha value is -1.25. The molecule has 1 aromatic rings. The molecular weight excluding hydrogens is 155 g/mol. The number of anilines is 2. The molecule has 0 saturated heterocycles. The Morgan fingerprint density at radius 2 is 2.00 bits per heavy atom. The summed E-state index contributed by atoms with van der Waals surface area (Å²) < 4.78 is 12.1. The van der Waals surface area contributed by atoms with Gasteiger partial charge in [0.25, 0.3) is 0 Å². The second kappa shape index (κ2) is 3.95. The lowest BCUT2D eigenvalue weighted by Crippen LogP contribution is -2.16. The van der Waals surface area contributed by atoms with Crippen molar-refractivity contribution in [3.63, 3.8) is 0 Å². The molecule has 1 unspecified atom stereocenters. The van der Waals surface area contributed by atoms with E-state index < -0.39 is 0 Å². The van der Waals surface area contributed by atoms with Crippen molar-refractivity contribution in [1.29, 1.82) is 0 Å². The third-order valence-corrected chi connectivity index (χ3v) is 1.56. The second-order valence-electron chi connectivity index (χ2n) is 2.82. The first-order valence-corrected chi connectivity index (χ1v) is 3.90. The van der Waals surface area contributed by atoms with Gasteiger partial charge in [-0.1, -0.05) is 0 Å². The molecule has 1 atom stereocenters. The minimum absolute atomic E-state index is 0.145. The summed E-state index contributed by atoms with van der Waals surface area (Å²) in [5, 5.41) is 2.99. The SMILES string of the molecule is CC(CF)Nc1ccc(N)cc1. The first-order valence-electron chi connectivity index (χ1n) is 3.90. The van der Waals surface area contributed by atoms with Crippen molar-refractivity contribution < 1.29 is 4.39 Å². The maximum Gasteiger partial charge on any atom is 0.109 e. The van der Waals surface area contributed by atoms with E-state index in [0.29, 0.717) is 5.69 Å². The number of hydrogen-bond acceptors (Lipinski definition) is 2. The van der Waals surface area contributed by atoms with E-state index >= 15 is 0 Å². The average molecular weight is 168 g/mol. The van der Waals surface area contributed by atoms with Crippen LogP contribution >= 0.6 is 0 Å². The quantitative estimate of drug-likeness (QED) is 0.678. The van der Waals surface area contributed by atoms with Crippen LogP contribution in [0.3, 0.4) is 0 Å². The third kappa shape index (κ3) is 2.42. The predicted octanol–water partition coefficient (Wildman–Crippen LogP) is 2.04. The molecule has 0 bridgehead atoms. The van der Waals surface area contributed by atoms with Gasteiger partial charge in [0.05, 0.1) is 6.04 Å². The van der Waals surface area contributed by atoms with Gasteiger partial charge in [-0.05, 0) is 31.2 Å². The molecule has 0 aliphatic carbocycles. The van der Waals surface area contributed by atoms with Gasteiger partial charge in [-0.15, -0.1) is 0 Å². The van der Waals surface area contributed by atoms with E-state index in [1.165, 1.54) is 0 Å². The van der Waals surface area contributed by atoms with E-state index in [2.05, 4.69) is 5.32 Å². The fourth-order valence-corrected chi connectivity index (χ4v) is 0.902. The van der Waals surface area contributed by atoms with Gasteiger partial charge in [0.15, 0.2) is 0 Å². The molecule has 66 valence electrons. The maximum absolute atomic E-state index is 12.1. The number of benzene rings is 1. The van der Waals surface area contributed by atoms with Crippen LogP contribution in [-0.4, -0.2) is 12.7 Å². The summed E-state index contributed by atoms with van der Waals surface area (Å²) in [6.45, 7) is 1.42. The summed E-state index contributed by atoms with van der Waals surface area (Å²) in [4.78, 5) is 0. The van der Waals surface area contributed by atoms with Crippen LogP contribution in [-0.2, 0) is 0 Å². The molecule has 0 saturated carbocycles. The molecular formula is C9H13FN2. The summed E-state index contributed by atoms with van der Waals surface area (Å²) in [7, 11) is 0. The molecule has 0 amide bonds. The molecule has 0 heterocycles. The van der Waals surface area contributed by atoms with Crippen LogP contribution in [0.2, 0.25) is 0 Å². The summed E-state index contributed by atoms with van der Waals surface area (Å²) in [5.41, 5.74) is 7.10. The largest absolute Gasteiger partial charge is 0.399 e. The highest BCUT2D eigenvalue weighted by Gasteiger charge is 1.99. The standard InChI is InChI=1S/C9H13FN2/c1-7(6-10)12-9-4-2-8(11)3-5-9/h2-5,7,12H,6,11H2,1H3. The zero-order chi connectivity index (χ0) is 8.97. The van der Waals surface area contributed by atoms with Crippen molar-refractivity contribution in [2.45, 2.75) is 13.0 Å². The van der Waals surface area contributed by atoms with E-state index in [1.807, 2.05) is 12.1 Å². The number of rotatable bonds is 3. The molecule has 0 aromatic heterocycles. The van der Waals surface area contributed by atoms with Crippen LogP contribution in [0, 0.1) is 0 Å². The molecule has 3 N–H and O–H groups in total. The van der Waals surface area contributed by atoms with Crippen molar-refractivity contribution in [2.75, 3.05) is 17.7 Å². The zero-order valence-corrected chi connectivity index (χ0v) is 7.05. The highest BCUT2D eigenvalue weighted by molar-refractivity contribution is 5.51. The number of nitrogen functional groups attached to an aromatic ring is 1. The topological polar surface area (TPSA) is 38.0 Å². The van der Waals surface area contributed by atoms with Crippen LogP contribution in [0.25, 0.3) is 0 Å². The Morgan fingerprint density at radius 1 is 1.42 bits per heavy atom. The van der Waals surface area contributed by atoms with Crippen molar-refractivity contribution >= 4 is 11.4 Å². The van der Waals surface area contributed by atoms with Crippen molar-refractivity contribution in [3.05, 3.63) is 24.3 Å². The molecule has 12 heavy (non-hydrogen) atoms. The number of nitrogens with one attached hydrogen (secondary N) is 1. The first kappa shape index (κ1) is 8.84. The van der Waals surface area contributed by atoms with Crippen LogP contribution in [0.1, 0.15) is 6.92 Å². The van der Waals surface area contributed by atoms with Crippen LogP contribution in [0.4, 0.5) is 15.8 Å². The summed E-state index contributed by atoms with van der Waals surface area (Å²) in [6, 6.07) is 7.09. The Bertz CT molecular complexity index is 233. The third-order valence-electron chi connectivity index (χ3n) is 1.56. The highest BCUT2D eigenvalue weighted by Crippen LogP contribution is 2.11. The van der Waals surface area contributed by atoms with Gasteiger partial charge >= 0.3 is 0 Å². The number of nitrogens with two attached hydrogens (primary N) is 1. The van der Waals surface area contributed by atoms with E-state index in [9.17, 15) is 4.39 Å². The fraction of sp³-hybridized carbons (Fsp3) is 0.333. The minimum atomic E-state index is -0.371. The predicted molar refractivity (Wildman–Crippen MR) is 49.9 cm³/mol. The van der Waals surface area contributed by atoms with Gasteiger partial charge in [-0.3, -0.25) is 0 Å². The lowest BCUT2D eigenvalue weighted by molar-refractivity contribution is 0.460. The van der Waals surface area contributed by atoms with Crippen LogP contribution < -0.4 is 11.1 Å². The first-order chi connectivity index (χ1) is 5.72. The molecule has 0 spiro atoms. The molecule has 0 radical (unpaired) electrons. The van der Waals surface area contributed by atoms with Gasteiger partial charge in [0, 0.05) is 11.4 Å². The summed E-state index contributed by atoms with van der Waals surface area (Å²) >= 11 is 0. The van der Waals surface area contributed by atoms with Crippen molar-refractivity contribution in [3.8, 4) is 0 Å². The Kier molecular flexibility index (Phi) is 2.91. The summed E-state index contributed by atoms with van der Waals surface area (Å²) in [5.74, 6) is 0. The second-order valence-corrected chi connectivity index (χ2v) is 2.82. The number of halogens is 1. The number of hydrogen-bond donors (Lipinski definition) is 2. The fourth-order valence-electron chi connectivity index (χ4n) is 0.902. The lowest BCUT2D eigenvalue weighted by Gasteiger charge is -2.10. The zero-order valence-electron chi connectivity index (χ0n) is 7.05. The molecule has 0 aliphatic rings. The molecule has 1 aromatic carbocycles. The Balaban J connectivity index is 2.58. The molecule has 0 aliphatic heterocycles. The van der Waals surface area contributed by atoms with E-state index in [-0.39, 0.29) is 12.7 Å². The Labute approximate surface area is 71.6 Å². The molecule has 0 fully saturated rings. The van der Waals surface area contributed by atoms with Crippen molar-refractivity contribution in [1.82, 2.24) is 0 Å². The van der Waals surface area contributed by atoms with Gasteiger partial charge in [-0.2, -0.15) is 0 Å². The molecule has 2 nitrogen and oxygen atoms in total. The normalized spacial score (nSPS) is 12.5. The lowest BCUT2D eigenvalue weighted by atomic mass is 10.2. The highest BCUT2D eigenvalue weighted by atomic mass is 19.1. The van der Waals surface area contributed by atoms with Gasteiger partial charge < -0.3 is 11.1 Å². The van der Waals surface area contributed by atoms with E-state index in [0.717, 1.165) is 5.69 Å². The smallest absolute Gasteiger partial charge is 0.109 e. The number of alkyl halides is 1. The van der Waals surface area contributed by atoms with E-state index in [4.69, 9.17) is 5.73 Å². The Morgan fingerprint density at radius 3 is 2.50 bits per heavy atom. The summed E-state index contributed by atoms with van der Waals surface area (Å²) in [6.07, 6.45) is 0. The molecule has 1 rings (SSSR count). The van der Waals surface area contributed by atoms with E-state index in [1.54, 1.807) is 19.1 Å². The monoisotopic (exact) mass is 168 g/mol. The maximum atomic E-state index is 12.1. The van der Waals surface area contributed by atoms with Gasteiger partial charge in [0.2, 0.25) is 0 Å². The van der Waals surface area contributed by atoms with Gasteiger partial charge in [-0.25, -0.2) is 4.39 Å². The molecule has 3 heteroatoms. The minimum Gasteiger partial charge on any atom is -0.399 e. The van der Waals surface area contributed by atoms with Crippen LogP contribution in [0.15, 0.2) is 24.3 Å². The average Bonchev–Trinajstić information content (AvgIpc) is 2.09. The van der Waals surface area contributed by atoms with Crippen molar-refractivity contribution in [2.24, 2.45) is 0 Å². The van der Waals surface area contributed by atoms with Crippen LogP contribution in [0.5, 0.6) is 0 Å².